The Balaban J connectivity index is 0.000000169. The molecule has 8 rings (SSSR count). The first kappa shape index (κ1) is 39.5. The van der Waals surface area contributed by atoms with Crippen LogP contribution in [0, 0.1) is 16.7 Å². The lowest BCUT2D eigenvalue weighted by Gasteiger charge is -2.35. The molecule has 0 saturated heterocycles. The molecule has 4 aliphatic rings. The Bertz CT molecular complexity index is 1990. The van der Waals surface area contributed by atoms with E-state index in [0.717, 1.165) is 24.8 Å². The number of ketones is 1. The minimum Gasteiger partial charge on any atom is -0.294 e. The molecule has 290 valence electrons. The lowest BCUT2D eigenvalue weighted by Crippen LogP contribution is -2.26. The van der Waals surface area contributed by atoms with Crippen molar-refractivity contribution in [1.82, 2.24) is 0 Å². The molecule has 0 aliphatic heterocycles. The van der Waals surface area contributed by atoms with E-state index in [0.29, 0.717) is 16.6 Å². The van der Waals surface area contributed by atoms with Gasteiger partial charge < -0.3 is 0 Å². The van der Waals surface area contributed by atoms with Crippen molar-refractivity contribution >= 4 is 11.9 Å². The second kappa shape index (κ2) is 15.7. The predicted molar refractivity (Wildman–Crippen MR) is 236 cm³/mol. The van der Waals surface area contributed by atoms with Crippen LogP contribution in [0.4, 0.5) is 0 Å². The Labute approximate surface area is 334 Å². The largest absolute Gasteiger partial charge is 0.294 e. The zero-order valence-corrected chi connectivity index (χ0v) is 35.5. The molecule has 1 nitrogen and oxygen atoms in total. The number of benzene rings is 4. The third kappa shape index (κ3) is 8.98. The number of Topliss-reactive ketones (excluding diaryl/α,β-unsaturated/α-hetero) is 1. The first-order valence-electron chi connectivity index (χ1n) is 21.8. The Morgan fingerprint density at radius 3 is 1.56 bits per heavy atom. The number of allylic oxidation sites excluding steroid dienone is 1. The van der Waals surface area contributed by atoms with E-state index in [1.807, 2.05) is 6.07 Å². The first-order chi connectivity index (χ1) is 26.1. The molecule has 1 heteroatoms. The quantitative estimate of drug-likeness (QED) is 0.193. The maximum Gasteiger partial charge on any atom is 0.166 e. The van der Waals surface area contributed by atoms with Crippen LogP contribution in [0.2, 0.25) is 0 Å². The van der Waals surface area contributed by atoms with Crippen LogP contribution < -0.4 is 0 Å². The predicted octanol–water partition coefficient (Wildman–Crippen LogP) is 15.3. The SMILES string of the molecule is CC1(CC2=Cc3cccc(-c4ccc(C(C)(C)C)cc4)c3C2)CCCCC1.CC1(CC2Cc3c(cccc3-c3ccc(C(C)(C)C)cc3)C2=O)CCCCC1. The number of carbonyl (C=O) groups excluding carboxylic acids is 1. The molecule has 0 amide bonds. The molecule has 0 spiro atoms. The summed E-state index contributed by atoms with van der Waals surface area (Å²) >= 11 is 0. The zero-order chi connectivity index (χ0) is 39.0. The van der Waals surface area contributed by atoms with Gasteiger partial charge >= 0.3 is 0 Å². The number of carbonyl (C=O) groups is 1. The summed E-state index contributed by atoms with van der Waals surface area (Å²) in [6.45, 7) is 18.5. The summed E-state index contributed by atoms with van der Waals surface area (Å²) < 4.78 is 0. The molecule has 4 aromatic carbocycles. The van der Waals surface area contributed by atoms with Gasteiger partial charge in [-0.1, -0.05) is 190 Å². The lowest BCUT2D eigenvalue weighted by atomic mass is 9.70. The van der Waals surface area contributed by atoms with Gasteiger partial charge in [-0.3, -0.25) is 4.79 Å². The number of hydrogen-bond acceptors (Lipinski definition) is 1. The van der Waals surface area contributed by atoms with E-state index >= 15 is 0 Å². The fourth-order valence-corrected chi connectivity index (χ4v) is 10.5. The van der Waals surface area contributed by atoms with Gasteiger partial charge in [-0.2, -0.15) is 0 Å². The standard InChI is InChI=1S/C27H34O.C27H34/c1-26(2,3)21-13-11-19(12-14-21)22-9-8-10-23-24(22)17-20(25(23)28)18-27(4)15-6-5-7-16-27;1-26(2,3)23-13-11-21(12-14-23)24-10-8-9-22-17-20(18-25(22)24)19-27(4)15-6-5-7-16-27/h8-14,20H,5-7,15-18H2,1-4H3;8-14,17H,5-7,15-16,18-19H2,1-4H3. The van der Waals surface area contributed by atoms with Gasteiger partial charge in [0, 0.05) is 11.5 Å². The van der Waals surface area contributed by atoms with E-state index in [1.54, 1.807) is 5.57 Å². The van der Waals surface area contributed by atoms with Gasteiger partial charge in [-0.15, -0.1) is 0 Å². The van der Waals surface area contributed by atoms with Crippen molar-refractivity contribution in [3.8, 4) is 22.3 Å². The van der Waals surface area contributed by atoms with Crippen molar-refractivity contribution in [1.29, 1.82) is 0 Å². The van der Waals surface area contributed by atoms with Gasteiger partial charge in [0.25, 0.3) is 0 Å². The lowest BCUT2D eigenvalue weighted by molar-refractivity contribution is 0.0860. The zero-order valence-electron chi connectivity index (χ0n) is 35.5. The minimum atomic E-state index is 0.160. The van der Waals surface area contributed by atoms with Gasteiger partial charge in [-0.05, 0) is 123 Å². The summed E-state index contributed by atoms with van der Waals surface area (Å²) in [5, 5.41) is 0. The van der Waals surface area contributed by atoms with E-state index in [9.17, 15) is 4.79 Å². The average Bonchev–Trinajstić information content (AvgIpc) is 3.70. The molecule has 55 heavy (non-hydrogen) atoms. The van der Waals surface area contributed by atoms with Crippen LogP contribution in [0.25, 0.3) is 28.3 Å². The van der Waals surface area contributed by atoms with Crippen LogP contribution in [0.5, 0.6) is 0 Å². The highest BCUT2D eigenvalue weighted by atomic mass is 16.1. The normalized spacial score (nSPS) is 20.3. The van der Waals surface area contributed by atoms with Crippen LogP contribution in [0.1, 0.15) is 171 Å². The van der Waals surface area contributed by atoms with Gasteiger partial charge in [0.2, 0.25) is 0 Å². The number of rotatable bonds is 6. The smallest absolute Gasteiger partial charge is 0.166 e. The average molecular weight is 733 g/mol. The molecule has 0 N–H and O–H groups in total. The minimum absolute atomic E-state index is 0.160. The van der Waals surface area contributed by atoms with Gasteiger partial charge in [0.05, 0.1) is 0 Å². The van der Waals surface area contributed by atoms with Crippen molar-refractivity contribution in [3.05, 3.63) is 124 Å². The third-order valence-corrected chi connectivity index (χ3v) is 13.9. The Morgan fingerprint density at radius 1 is 0.564 bits per heavy atom. The summed E-state index contributed by atoms with van der Waals surface area (Å²) in [6.07, 6.45) is 20.6. The topological polar surface area (TPSA) is 17.1 Å². The first-order valence-corrected chi connectivity index (χ1v) is 21.8. The molecule has 0 heterocycles. The van der Waals surface area contributed by atoms with Crippen molar-refractivity contribution in [2.45, 2.75) is 156 Å². The number of hydrogen-bond donors (Lipinski definition) is 0. The molecule has 2 fully saturated rings. The molecule has 2 saturated carbocycles. The van der Waals surface area contributed by atoms with E-state index < -0.39 is 0 Å². The van der Waals surface area contributed by atoms with Crippen LogP contribution >= 0.6 is 0 Å². The molecule has 0 aromatic heterocycles. The highest BCUT2D eigenvalue weighted by Crippen LogP contribution is 2.47. The Kier molecular flexibility index (Phi) is 11.3. The van der Waals surface area contributed by atoms with E-state index in [2.05, 4.69) is 140 Å². The molecule has 1 unspecified atom stereocenters. The van der Waals surface area contributed by atoms with Crippen LogP contribution in [0.3, 0.4) is 0 Å². The van der Waals surface area contributed by atoms with E-state index in [4.69, 9.17) is 0 Å². The third-order valence-electron chi connectivity index (χ3n) is 13.9. The van der Waals surface area contributed by atoms with Crippen molar-refractivity contribution in [2.24, 2.45) is 16.7 Å². The Hall–Kier alpha value is -3.71. The van der Waals surface area contributed by atoms with E-state index in [1.165, 1.54) is 121 Å². The van der Waals surface area contributed by atoms with Crippen molar-refractivity contribution in [3.63, 3.8) is 0 Å². The summed E-state index contributed by atoms with van der Waals surface area (Å²) in [7, 11) is 0. The summed E-state index contributed by atoms with van der Waals surface area (Å²) in [5.41, 5.74) is 16.2. The maximum absolute atomic E-state index is 13.2. The second-order valence-electron chi connectivity index (χ2n) is 20.7. The number of fused-ring (bicyclic) bond motifs is 2. The van der Waals surface area contributed by atoms with Crippen molar-refractivity contribution in [2.75, 3.05) is 0 Å². The van der Waals surface area contributed by atoms with E-state index in [-0.39, 0.29) is 16.7 Å². The fourth-order valence-electron chi connectivity index (χ4n) is 10.5. The molecule has 4 aliphatic carbocycles. The maximum atomic E-state index is 13.2. The molecule has 0 radical (unpaired) electrons. The summed E-state index contributed by atoms with van der Waals surface area (Å²) in [4.78, 5) is 13.2. The van der Waals surface area contributed by atoms with Crippen molar-refractivity contribution < 1.29 is 4.79 Å². The fraction of sp³-hybridized carbons (Fsp3) is 0.500. The van der Waals surface area contributed by atoms with Crippen LogP contribution in [-0.2, 0) is 23.7 Å². The molecular formula is C54H68O. The Morgan fingerprint density at radius 2 is 1.04 bits per heavy atom. The van der Waals surface area contributed by atoms with Crippen LogP contribution in [-0.4, -0.2) is 5.78 Å². The van der Waals surface area contributed by atoms with Gasteiger partial charge in [0.1, 0.15) is 0 Å². The highest BCUT2D eigenvalue weighted by Gasteiger charge is 2.38. The van der Waals surface area contributed by atoms with Gasteiger partial charge in [0.15, 0.2) is 5.78 Å². The highest BCUT2D eigenvalue weighted by molar-refractivity contribution is 6.04. The molecule has 4 aromatic rings. The van der Waals surface area contributed by atoms with Gasteiger partial charge in [-0.25, -0.2) is 0 Å². The van der Waals surface area contributed by atoms with Crippen LogP contribution in [0.15, 0.2) is 90.5 Å². The summed E-state index contributed by atoms with van der Waals surface area (Å²) in [6, 6.07) is 31.3. The second-order valence-corrected chi connectivity index (χ2v) is 20.7. The molecule has 1 atom stereocenters. The molecule has 0 bridgehead atoms. The monoisotopic (exact) mass is 733 g/mol. The summed E-state index contributed by atoms with van der Waals surface area (Å²) in [5.74, 6) is 0.558. The molecular weight excluding hydrogens is 665 g/mol.